The zero-order chi connectivity index (χ0) is 20.9. The largest absolute Gasteiger partial charge is 0.322 e. The Morgan fingerprint density at radius 1 is 0.967 bits per heavy atom. The lowest BCUT2D eigenvalue weighted by molar-refractivity contribution is -0.116. The number of hydrogen-bond donors (Lipinski definition) is 1. The molecule has 0 saturated carbocycles. The minimum atomic E-state index is -0.556. The minimum absolute atomic E-state index is 0.00311. The highest BCUT2D eigenvalue weighted by Gasteiger charge is 2.22. The molecular formula is C24H21FN2O2S. The lowest BCUT2D eigenvalue weighted by atomic mass is 10.0. The summed E-state index contributed by atoms with van der Waals surface area (Å²) in [5.74, 6) is -0.619. The molecule has 0 atom stereocenters. The minimum Gasteiger partial charge on any atom is -0.322 e. The molecule has 1 N–H and O–H groups in total. The van der Waals surface area contributed by atoms with Crippen LogP contribution in [0.4, 0.5) is 15.8 Å². The SMILES string of the molecule is O=C(Nc1ccc(SCC(=O)N2CCCc3ccccc32)cc1)c1ccccc1F. The molecule has 3 aromatic rings. The van der Waals surface area contributed by atoms with Gasteiger partial charge in [-0.3, -0.25) is 9.59 Å². The first-order valence-corrected chi connectivity index (χ1v) is 10.8. The molecule has 6 heteroatoms. The van der Waals surface area contributed by atoms with E-state index in [0.29, 0.717) is 11.4 Å². The molecule has 0 fully saturated rings. The third-order valence-corrected chi connectivity index (χ3v) is 6.00. The highest BCUT2D eigenvalue weighted by Crippen LogP contribution is 2.28. The number of aryl methyl sites for hydroxylation is 1. The van der Waals surface area contributed by atoms with Crippen LogP contribution in [0.3, 0.4) is 0 Å². The lowest BCUT2D eigenvalue weighted by Crippen LogP contribution is -2.36. The Labute approximate surface area is 179 Å². The van der Waals surface area contributed by atoms with Gasteiger partial charge in [-0.2, -0.15) is 0 Å². The van der Waals surface area contributed by atoms with Gasteiger partial charge < -0.3 is 10.2 Å². The molecule has 1 aliphatic heterocycles. The molecule has 0 unspecified atom stereocenters. The summed E-state index contributed by atoms with van der Waals surface area (Å²) in [6.45, 7) is 0.747. The molecule has 0 radical (unpaired) electrons. The average molecular weight is 421 g/mol. The number of amides is 2. The number of rotatable bonds is 5. The van der Waals surface area contributed by atoms with Crippen LogP contribution in [0.2, 0.25) is 0 Å². The van der Waals surface area contributed by atoms with Gasteiger partial charge in [0.25, 0.3) is 5.91 Å². The van der Waals surface area contributed by atoms with Gasteiger partial charge in [0.1, 0.15) is 5.82 Å². The molecule has 0 aromatic heterocycles. The maximum absolute atomic E-state index is 13.7. The fraction of sp³-hybridized carbons (Fsp3) is 0.167. The number of fused-ring (bicyclic) bond motifs is 1. The summed E-state index contributed by atoms with van der Waals surface area (Å²) in [5, 5.41) is 2.69. The fourth-order valence-electron chi connectivity index (χ4n) is 3.49. The molecule has 30 heavy (non-hydrogen) atoms. The third-order valence-electron chi connectivity index (χ3n) is 5.00. The van der Waals surface area contributed by atoms with Crippen LogP contribution in [0.5, 0.6) is 0 Å². The van der Waals surface area contributed by atoms with Crippen LogP contribution in [-0.4, -0.2) is 24.1 Å². The number of carbonyl (C=O) groups is 2. The van der Waals surface area contributed by atoms with Crippen molar-refractivity contribution in [2.75, 3.05) is 22.5 Å². The Morgan fingerprint density at radius 2 is 1.70 bits per heavy atom. The Hall–Kier alpha value is -3.12. The van der Waals surface area contributed by atoms with Crippen molar-refractivity contribution in [1.82, 2.24) is 0 Å². The van der Waals surface area contributed by atoms with E-state index in [1.54, 1.807) is 24.3 Å². The first kappa shape index (κ1) is 20.2. The van der Waals surface area contributed by atoms with Crippen molar-refractivity contribution in [3.05, 3.63) is 89.7 Å². The van der Waals surface area contributed by atoms with Gasteiger partial charge in [-0.05, 0) is 60.9 Å². The van der Waals surface area contributed by atoms with E-state index < -0.39 is 11.7 Å². The molecule has 4 nitrogen and oxygen atoms in total. The zero-order valence-electron chi connectivity index (χ0n) is 16.3. The Morgan fingerprint density at radius 3 is 2.50 bits per heavy atom. The van der Waals surface area contributed by atoms with Gasteiger partial charge in [0.05, 0.1) is 11.3 Å². The third kappa shape index (κ3) is 4.54. The Balaban J connectivity index is 1.35. The van der Waals surface area contributed by atoms with Crippen molar-refractivity contribution in [3.8, 4) is 0 Å². The number of benzene rings is 3. The highest BCUT2D eigenvalue weighted by molar-refractivity contribution is 8.00. The van der Waals surface area contributed by atoms with Gasteiger partial charge in [-0.15, -0.1) is 11.8 Å². The quantitative estimate of drug-likeness (QED) is 0.581. The standard InChI is InChI=1S/C24H21FN2O2S/c25-21-9-3-2-8-20(21)24(29)26-18-11-13-19(14-12-18)30-16-23(28)27-15-5-7-17-6-1-4-10-22(17)27/h1-4,6,8-14H,5,7,15-16H2,(H,26,29). The maximum atomic E-state index is 13.7. The summed E-state index contributed by atoms with van der Waals surface area (Å²) in [4.78, 5) is 27.8. The number of para-hydroxylation sites is 1. The molecule has 0 saturated heterocycles. The first-order chi connectivity index (χ1) is 14.6. The van der Waals surface area contributed by atoms with Crippen LogP contribution in [0.15, 0.2) is 77.7 Å². The van der Waals surface area contributed by atoms with E-state index in [0.717, 1.165) is 30.0 Å². The molecule has 2 amide bonds. The van der Waals surface area contributed by atoms with E-state index in [4.69, 9.17) is 0 Å². The second-order valence-electron chi connectivity index (χ2n) is 7.02. The number of hydrogen-bond acceptors (Lipinski definition) is 3. The molecule has 152 valence electrons. The van der Waals surface area contributed by atoms with E-state index in [-0.39, 0.29) is 11.5 Å². The van der Waals surface area contributed by atoms with Crippen molar-refractivity contribution >= 4 is 35.0 Å². The van der Waals surface area contributed by atoms with E-state index in [1.165, 1.54) is 29.5 Å². The fourth-order valence-corrected chi connectivity index (χ4v) is 4.27. The first-order valence-electron chi connectivity index (χ1n) is 9.79. The second kappa shape index (κ2) is 9.13. The number of halogens is 1. The van der Waals surface area contributed by atoms with Gasteiger partial charge in [0, 0.05) is 22.8 Å². The van der Waals surface area contributed by atoms with Gasteiger partial charge in [-0.25, -0.2) is 4.39 Å². The summed E-state index contributed by atoms with van der Waals surface area (Å²) in [7, 11) is 0. The predicted octanol–water partition coefficient (Wildman–Crippen LogP) is 5.15. The highest BCUT2D eigenvalue weighted by atomic mass is 32.2. The lowest BCUT2D eigenvalue weighted by Gasteiger charge is -2.29. The van der Waals surface area contributed by atoms with Gasteiger partial charge in [0.2, 0.25) is 5.91 Å². The number of nitrogens with one attached hydrogen (secondary N) is 1. The number of anilines is 2. The van der Waals surface area contributed by atoms with Crippen LogP contribution in [-0.2, 0) is 11.2 Å². The van der Waals surface area contributed by atoms with E-state index in [1.807, 2.05) is 35.2 Å². The van der Waals surface area contributed by atoms with Crippen molar-refractivity contribution in [1.29, 1.82) is 0 Å². The van der Waals surface area contributed by atoms with Gasteiger partial charge in [0.15, 0.2) is 0 Å². The molecule has 0 spiro atoms. The summed E-state index contributed by atoms with van der Waals surface area (Å²) in [6, 6.07) is 21.1. The van der Waals surface area contributed by atoms with Gasteiger partial charge in [-0.1, -0.05) is 30.3 Å². The van der Waals surface area contributed by atoms with Crippen LogP contribution < -0.4 is 10.2 Å². The molecular weight excluding hydrogens is 399 g/mol. The van der Waals surface area contributed by atoms with Crippen molar-refractivity contribution in [2.45, 2.75) is 17.7 Å². The van der Waals surface area contributed by atoms with Crippen LogP contribution >= 0.6 is 11.8 Å². The molecule has 0 aliphatic carbocycles. The van der Waals surface area contributed by atoms with E-state index in [2.05, 4.69) is 11.4 Å². The normalized spacial score (nSPS) is 12.9. The molecule has 3 aromatic carbocycles. The molecule has 1 heterocycles. The van der Waals surface area contributed by atoms with Crippen LogP contribution in [0.1, 0.15) is 22.3 Å². The summed E-state index contributed by atoms with van der Waals surface area (Å²) in [5.41, 5.74) is 2.81. The van der Waals surface area contributed by atoms with Crippen molar-refractivity contribution in [3.63, 3.8) is 0 Å². The number of carbonyl (C=O) groups excluding carboxylic acids is 2. The van der Waals surface area contributed by atoms with E-state index >= 15 is 0 Å². The number of thioether (sulfide) groups is 1. The smallest absolute Gasteiger partial charge is 0.258 e. The van der Waals surface area contributed by atoms with Crippen LogP contribution in [0.25, 0.3) is 0 Å². The summed E-state index contributed by atoms with van der Waals surface area (Å²) in [6.07, 6.45) is 1.98. The molecule has 1 aliphatic rings. The topological polar surface area (TPSA) is 49.4 Å². The van der Waals surface area contributed by atoms with Crippen molar-refractivity contribution < 1.29 is 14.0 Å². The van der Waals surface area contributed by atoms with E-state index in [9.17, 15) is 14.0 Å². The number of nitrogens with zero attached hydrogens (tertiary/aromatic N) is 1. The summed E-state index contributed by atoms with van der Waals surface area (Å²) < 4.78 is 13.7. The summed E-state index contributed by atoms with van der Waals surface area (Å²) >= 11 is 1.46. The predicted molar refractivity (Wildman–Crippen MR) is 119 cm³/mol. The molecule has 4 rings (SSSR count). The average Bonchev–Trinajstić information content (AvgIpc) is 2.78. The Bertz CT molecular complexity index is 1070. The zero-order valence-corrected chi connectivity index (χ0v) is 17.1. The Kier molecular flexibility index (Phi) is 6.14. The van der Waals surface area contributed by atoms with Gasteiger partial charge >= 0.3 is 0 Å². The van der Waals surface area contributed by atoms with Crippen molar-refractivity contribution in [2.24, 2.45) is 0 Å². The van der Waals surface area contributed by atoms with Crippen LogP contribution in [0, 0.1) is 5.82 Å². The monoisotopic (exact) mass is 420 g/mol. The maximum Gasteiger partial charge on any atom is 0.258 e. The second-order valence-corrected chi connectivity index (χ2v) is 8.07. The molecule has 0 bridgehead atoms.